The number of aryl methyl sites for hydroxylation is 1. The number of likely N-dealkylation sites (N-methyl/N-ethyl adjacent to an activating group) is 1. The van der Waals surface area contributed by atoms with E-state index < -0.39 is 17.6 Å². The summed E-state index contributed by atoms with van der Waals surface area (Å²) < 4.78 is 44.1. The third-order valence-corrected chi connectivity index (χ3v) is 7.93. The minimum absolute atomic E-state index is 0.0666. The van der Waals surface area contributed by atoms with Gasteiger partial charge in [0.05, 0.1) is 16.8 Å². The standard InChI is InChI=1S/C32H31F3N8O/c1-20-3-6-24(14-25(20)27-15-28-22(17-37-27)7-8-43(28)30-16-29(36)38-19-39-30)40-31(44)21-4-5-23(26(13-21)32(33,34)35)18-42-11-9-41(2)10-12-42/h3-8,13-17,19H,9-12,18H2,1-2H3,(H,40,44)(H2,36,38,39). The van der Waals surface area contributed by atoms with Crippen LogP contribution in [-0.4, -0.2) is 68.5 Å². The van der Waals surface area contributed by atoms with Crippen molar-refractivity contribution in [2.75, 3.05) is 44.3 Å². The molecule has 226 valence electrons. The minimum Gasteiger partial charge on any atom is -0.384 e. The van der Waals surface area contributed by atoms with Crippen molar-refractivity contribution in [1.82, 2.24) is 29.3 Å². The van der Waals surface area contributed by atoms with Gasteiger partial charge in [-0.2, -0.15) is 13.2 Å². The van der Waals surface area contributed by atoms with Crippen LogP contribution in [0.15, 0.2) is 73.3 Å². The summed E-state index contributed by atoms with van der Waals surface area (Å²) in [6.45, 7) is 5.08. The molecule has 0 atom stereocenters. The number of aromatic nitrogens is 4. The summed E-state index contributed by atoms with van der Waals surface area (Å²) in [5, 5.41) is 3.66. The van der Waals surface area contributed by atoms with Gasteiger partial charge in [0.25, 0.3) is 5.91 Å². The molecule has 0 bridgehead atoms. The van der Waals surface area contributed by atoms with Gasteiger partial charge in [-0.3, -0.25) is 14.7 Å². The van der Waals surface area contributed by atoms with Crippen LogP contribution in [0.2, 0.25) is 0 Å². The molecule has 1 saturated heterocycles. The van der Waals surface area contributed by atoms with Crippen LogP contribution >= 0.6 is 0 Å². The first-order chi connectivity index (χ1) is 21.0. The number of carbonyl (C=O) groups excluding carboxylic acids is 1. The van der Waals surface area contributed by atoms with Crippen LogP contribution in [0.5, 0.6) is 0 Å². The highest BCUT2D eigenvalue weighted by Crippen LogP contribution is 2.34. The van der Waals surface area contributed by atoms with E-state index in [1.807, 2.05) is 47.8 Å². The van der Waals surface area contributed by atoms with Crippen LogP contribution in [0, 0.1) is 6.92 Å². The molecule has 1 aliphatic rings. The fraction of sp³-hybridized carbons (Fsp3) is 0.250. The molecule has 0 aliphatic carbocycles. The van der Waals surface area contributed by atoms with Crippen molar-refractivity contribution < 1.29 is 18.0 Å². The summed E-state index contributed by atoms with van der Waals surface area (Å²) in [5.41, 5.74) is 8.76. The number of hydrogen-bond acceptors (Lipinski definition) is 7. The number of nitrogens with one attached hydrogen (secondary N) is 1. The van der Waals surface area contributed by atoms with Crippen LogP contribution in [0.1, 0.15) is 27.0 Å². The number of amides is 1. The fourth-order valence-corrected chi connectivity index (χ4v) is 5.41. The molecule has 3 N–H and O–H groups in total. The smallest absolute Gasteiger partial charge is 0.384 e. The molecule has 0 spiro atoms. The van der Waals surface area contributed by atoms with Crippen LogP contribution in [0.4, 0.5) is 24.7 Å². The van der Waals surface area contributed by atoms with Crippen LogP contribution in [0.3, 0.4) is 0 Å². The van der Waals surface area contributed by atoms with Crippen molar-refractivity contribution in [1.29, 1.82) is 0 Å². The monoisotopic (exact) mass is 600 g/mol. The molecule has 4 heterocycles. The van der Waals surface area contributed by atoms with Crippen LogP contribution in [0.25, 0.3) is 28.0 Å². The average Bonchev–Trinajstić information content (AvgIpc) is 3.42. The second kappa shape index (κ2) is 11.7. The van der Waals surface area contributed by atoms with E-state index in [0.717, 1.165) is 41.2 Å². The average molecular weight is 601 g/mol. The largest absolute Gasteiger partial charge is 0.416 e. The predicted octanol–water partition coefficient (Wildman–Crippen LogP) is 5.39. The van der Waals surface area contributed by atoms with Gasteiger partial charge in [-0.25, -0.2) is 9.97 Å². The number of halogens is 3. The van der Waals surface area contributed by atoms with Crippen molar-refractivity contribution in [2.24, 2.45) is 0 Å². The molecule has 9 nitrogen and oxygen atoms in total. The zero-order valence-electron chi connectivity index (χ0n) is 24.3. The van der Waals surface area contributed by atoms with Gasteiger partial charge < -0.3 is 20.5 Å². The Morgan fingerprint density at radius 2 is 1.77 bits per heavy atom. The van der Waals surface area contributed by atoms with Gasteiger partial charge >= 0.3 is 6.18 Å². The molecular weight excluding hydrogens is 569 g/mol. The summed E-state index contributed by atoms with van der Waals surface area (Å²) in [5.74, 6) is 0.322. The number of alkyl halides is 3. The minimum atomic E-state index is -4.59. The maximum Gasteiger partial charge on any atom is 0.416 e. The molecule has 1 fully saturated rings. The number of hydrogen-bond donors (Lipinski definition) is 2. The van der Waals surface area contributed by atoms with Crippen molar-refractivity contribution in [3.63, 3.8) is 0 Å². The zero-order valence-corrected chi connectivity index (χ0v) is 24.3. The summed E-state index contributed by atoms with van der Waals surface area (Å²) in [6.07, 6.45) is 0.425. The van der Waals surface area contributed by atoms with Crippen molar-refractivity contribution in [2.45, 2.75) is 19.6 Å². The van der Waals surface area contributed by atoms with Crippen molar-refractivity contribution in [3.05, 3.63) is 95.6 Å². The summed E-state index contributed by atoms with van der Waals surface area (Å²) >= 11 is 0. The van der Waals surface area contributed by atoms with Gasteiger partial charge in [-0.15, -0.1) is 0 Å². The Morgan fingerprint density at radius 3 is 2.52 bits per heavy atom. The first-order valence-corrected chi connectivity index (χ1v) is 14.1. The van der Waals surface area contributed by atoms with E-state index in [1.54, 1.807) is 24.4 Å². The van der Waals surface area contributed by atoms with Gasteiger partial charge in [-0.05, 0) is 61.5 Å². The van der Waals surface area contributed by atoms with E-state index in [-0.39, 0.29) is 17.7 Å². The third-order valence-electron chi connectivity index (χ3n) is 7.93. The Morgan fingerprint density at radius 1 is 0.977 bits per heavy atom. The third kappa shape index (κ3) is 6.12. The number of benzene rings is 2. The van der Waals surface area contributed by atoms with E-state index in [0.29, 0.717) is 36.1 Å². The normalized spacial score (nSPS) is 14.7. The summed E-state index contributed by atoms with van der Waals surface area (Å²) in [7, 11) is 1.99. The lowest BCUT2D eigenvalue weighted by Crippen LogP contribution is -2.44. The van der Waals surface area contributed by atoms with Crippen LogP contribution in [-0.2, 0) is 12.7 Å². The second-order valence-electron chi connectivity index (χ2n) is 11.0. The Kier molecular flexibility index (Phi) is 7.78. The maximum atomic E-state index is 14.1. The van der Waals surface area contributed by atoms with Gasteiger partial charge in [0.2, 0.25) is 0 Å². The fourth-order valence-electron chi connectivity index (χ4n) is 5.41. The quantitative estimate of drug-likeness (QED) is 0.269. The molecule has 2 aromatic carbocycles. The molecule has 1 amide bonds. The van der Waals surface area contributed by atoms with Crippen molar-refractivity contribution in [3.8, 4) is 17.1 Å². The predicted molar refractivity (Wildman–Crippen MR) is 163 cm³/mol. The van der Waals surface area contributed by atoms with E-state index >= 15 is 0 Å². The van der Waals surface area contributed by atoms with E-state index in [4.69, 9.17) is 5.73 Å². The van der Waals surface area contributed by atoms with E-state index in [9.17, 15) is 18.0 Å². The first-order valence-electron chi connectivity index (χ1n) is 14.1. The lowest BCUT2D eigenvalue weighted by Gasteiger charge is -2.33. The van der Waals surface area contributed by atoms with Crippen LogP contribution < -0.4 is 11.1 Å². The Labute approximate surface area is 252 Å². The number of nitrogens with zero attached hydrogens (tertiary/aromatic N) is 6. The number of carbonyl (C=O) groups is 1. The number of nitrogen functional groups attached to an aromatic ring is 1. The lowest BCUT2D eigenvalue weighted by molar-refractivity contribution is -0.138. The number of pyridine rings is 1. The molecule has 6 rings (SSSR count). The Balaban J connectivity index is 1.26. The molecule has 44 heavy (non-hydrogen) atoms. The molecule has 3 aromatic heterocycles. The second-order valence-corrected chi connectivity index (χ2v) is 11.0. The molecule has 12 heteroatoms. The molecular formula is C32H31F3N8O. The topological polar surface area (TPSA) is 105 Å². The SMILES string of the molecule is Cc1ccc(NC(=O)c2ccc(CN3CCN(C)CC3)c(C(F)(F)F)c2)cc1-c1cc2c(ccn2-c2cc(N)ncn2)cn1. The molecule has 0 unspecified atom stereocenters. The summed E-state index contributed by atoms with van der Waals surface area (Å²) in [6, 6.07) is 14.6. The highest BCUT2D eigenvalue weighted by atomic mass is 19.4. The van der Waals surface area contributed by atoms with E-state index in [1.165, 1.54) is 18.5 Å². The molecule has 0 radical (unpaired) electrons. The maximum absolute atomic E-state index is 14.1. The number of anilines is 2. The van der Waals surface area contributed by atoms with Gasteiger partial charge in [0.1, 0.15) is 18.0 Å². The lowest BCUT2D eigenvalue weighted by atomic mass is 10.0. The highest BCUT2D eigenvalue weighted by molar-refractivity contribution is 6.04. The van der Waals surface area contributed by atoms with Gasteiger partial charge in [-0.1, -0.05) is 12.1 Å². The van der Waals surface area contributed by atoms with Crippen molar-refractivity contribution >= 4 is 28.3 Å². The van der Waals surface area contributed by atoms with Gasteiger partial charge in [0.15, 0.2) is 0 Å². The molecule has 1 aliphatic heterocycles. The number of nitrogens with two attached hydrogens (primary N) is 1. The van der Waals surface area contributed by atoms with Gasteiger partial charge in [0, 0.05) is 73.4 Å². The number of piperazine rings is 1. The Bertz CT molecular complexity index is 1840. The van der Waals surface area contributed by atoms with E-state index in [2.05, 4.69) is 25.2 Å². The first kappa shape index (κ1) is 29.3. The number of rotatable bonds is 6. The Hall–Kier alpha value is -4.81. The molecule has 0 saturated carbocycles. The highest BCUT2D eigenvalue weighted by Gasteiger charge is 2.34. The zero-order chi connectivity index (χ0) is 31.0. The number of fused-ring (bicyclic) bond motifs is 1. The summed E-state index contributed by atoms with van der Waals surface area (Å²) in [4.78, 5) is 30.2. The molecule has 5 aromatic rings.